The molecule has 136 heavy (non-hydrogen) atoms. The molecule has 711 valence electrons. The molecule has 4 aliphatic carbocycles. The summed E-state index contributed by atoms with van der Waals surface area (Å²) in [5, 5.41) is 21.5. The minimum absolute atomic E-state index is 0. The van der Waals surface area contributed by atoms with Gasteiger partial charge in [0.05, 0.1) is 52.0 Å². The number of rotatable bonds is 19. The predicted octanol–water partition coefficient (Wildman–Crippen LogP) is 24.1. The van der Waals surface area contributed by atoms with Crippen molar-refractivity contribution in [1.82, 2.24) is 34.1 Å². The van der Waals surface area contributed by atoms with E-state index in [0.29, 0.717) is 111 Å². The van der Waals surface area contributed by atoms with Gasteiger partial charge < -0.3 is 49.8 Å². The summed E-state index contributed by atoms with van der Waals surface area (Å²) in [5.41, 5.74) is 20.4. The quantitative estimate of drug-likeness (QED) is 0.0296. The van der Waals surface area contributed by atoms with E-state index in [1.807, 2.05) is 62.4 Å². The average molecular weight is 2290 g/mol. The van der Waals surface area contributed by atoms with E-state index in [-0.39, 0.29) is 91.0 Å². The molecular formula is C99H94Cl2F12IN13O7UV. The van der Waals surface area contributed by atoms with E-state index in [0.717, 1.165) is 163 Å². The number of aromatic carboxylic acids is 1. The number of carbonyl (C=O) groups is 2. The zero-order valence-electron chi connectivity index (χ0n) is 73.5. The minimum Gasteiger partial charge on any atom is -0.477 e. The summed E-state index contributed by atoms with van der Waals surface area (Å²) in [6, 6.07) is 59.0. The van der Waals surface area contributed by atoms with Crippen molar-refractivity contribution in [2.75, 3.05) is 67.1 Å². The topological polar surface area (TPSA) is 228 Å². The van der Waals surface area contributed by atoms with Crippen LogP contribution in [0.5, 0.6) is 23.0 Å². The molecule has 0 amide bonds. The molecule has 20 rings (SSSR count). The molecule has 1 radical (unpaired) electrons. The number of ketones is 1. The van der Waals surface area contributed by atoms with E-state index in [4.69, 9.17) is 45.9 Å². The minimum atomic E-state index is -4.67. The fourth-order valence-corrected chi connectivity index (χ4v) is 20.0. The second kappa shape index (κ2) is 43.0. The van der Waals surface area contributed by atoms with Gasteiger partial charge in [-0.1, -0.05) is 122 Å². The Bertz CT molecular complexity index is 6190. The number of nitrogens with one attached hydrogen (secondary N) is 1. The first-order valence-corrected chi connectivity index (χ1v) is 45.3. The number of carbonyl (C=O) groups excluding carboxylic acids is 1. The summed E-state index contributed by atoms with van der Waals surface area (Å²) in [6.45, 7) is 19.5. The average Bonchev–Trinajstić information content (AvgIpc) is 0.943. The van der Waals surface area contributed by atoms with Crippen LogP contribution < -0.4 is 44.7 Å². The Morgan fingerprint density at radius 1 is 0.507 bits per heavy atom. The third-order valence-electron chi connectivity index (χ3n) is 25.9. The van der Waals surface area contributed by atoms with Crippen molar-refractivity contribution in [3.05, 3.63) is 306 Å². The van der Waals surface area contributed by atoms with Crippen molar-refractivity contribution in [2.45, 2.75) is 147 Å². The van der Waals surface area contributed by atoms with Gasteiger partial charge in [-0.05, 0) is 265 Å². The van der Waals surface area contributed by atoms with Gasteiger partial charge in [-0.2, -0.15) is 5.26 Å². The Morgan fingerprint density at radius 3 is 1.12 bits per heavy atom. The summed E-state index contributed by atoms with van der Waals surface area (Å²) in [7, 11) is 0. The van der Waals surface area contributed by atoms with Gasteiger partial charge in [0.25, 0.3) is 0 Å². The number of alkyl halides is 12. The molecule has 4 N–H and O–H groups in total. The van der Waals surface area contributed by atoms with E-state index in [1.165, 1.54) is 77.2 Å². The molecule has 8 aromatic carbocycles. The smallest absolute Gasteiger partial charge is 0.477 e. The van der Waals surface area contributed by atoms with Crippen LogP contribution in [-0.2, 0) is 44.4 Å². The molecule has 8 fully saturated rings. The van der Waals surface area contributed by atoms with E-state index in [1.54, 1.807) is 59.1 Å². The van der Waals surface area contributed by atoms with Crippen molar-refractivity contribution in [3.63, 3.8) is 0 Å². The fraction of sp³-hybridized carbons (Fsp3) is 0.354. The van der Waals surface area contributed by atoms with Gasteiger partial charge in [0.2, 0.25) is 11.6 Å². The zero-order chi connectivity index (χ0) is 95.3. The first kappa shape index (κ1) is 103. The molecule has 12 aromatic rings. The number of hydrogen-bond donors (Lipinski definition) is 3. The van der Waals surface area contributed by atoms with Crippen molar-refractivity contribution >= 4 is 91.9 Å². The number of carboxylic acid groups (broad SMARTS) is 1. The number of imidazole rings is 2. The molecule has 4 saturated heterocycles. The maximum atomic E-state index is 13.1. The summed E-state index contributed by atoms with van der Waals surface area (Å²) >= 11 is 14.1. The van der Waals surface area contributed by atoms with E-state index in [2.05, 4.69) is 141 Å². The number of aryl methyl sites for hydroxylation is 3. The van der Waals surface area contributed by atoms with Crippen LogP contribution in [0.15, 0.2) is 219 Å². The number of hydrogen-bond acceptors (Lipinski definition) is 16. The number of aromatic nitrogens is 6. The molecule has 20 nitrogen and oxygen atoms in total. The third kappa shape index (κ3) is 25.8. The Morgan fingerprint density at radius 2 is 0.824 bits per heavy atom. The second-order valence-electron chi connectivity index (χ2n) is 35.5. The first-order chi connectivity index (χ1) is 63.7. The molecule has 8 heterocycles. The number of nitrogens with zero attached hydrogens (tertiary/aromatic N) is 11. The number of ether oxygens (including phenoxy) is 4. The third-order valence-corrected chi connectivity index (χ3v) is 27.0. The number of Topliss-reactive ketones (excluding diaryl/α,β-unsaturated/α-hetero) is 1. The number of benzene rings is 8. The zero-order valence-corrected chi connectivity index (χ0v) is 82.7. The van der Waals surface area contributed by atoms with Crippen molar-refractivity contribution in [2.24, 2.45) is 27.4 Å². The van der Waals surface area contributed by atoms with Crippen LogP contribution >= 0.6 is 45.8 Å². The van der Waals surface area contributed by atoms with E-state index in [9.17, 15) is 62.3 Å². The van der Waals surface area contributed by atoms with Crippen LogP contribution in [0.3, 0.4) is 0 Å². The molecule has 37 heteroatoms. The summed E-state index contributed by atoms with van der Waals surface area (Å²) in [6.07, 6.45) is -1.61. The molecule has 8 aliphatic rings. The van der Waals surface area contributed by atoms with Crippen LogP contribution in [0.25, 0.3) is 16.4 Å². The molecule has 4 spiro atoms. The van der Waals surface area contributed by atoms with Crippen LogP contribution in [0.1, 0.15) is 168 Å². The van der Waals surface area contributed by atoms with E-state index < -0.39 is 31.4 Å². The Balaban J connectivity index is 0.000000154. The number of fused-ring (bicyclic) bond motifs is 2. The maximum absolute atomic E-state index is 13.1. The summed E-state index contributed by atoms with van der Waals surface area (Å²) in [4.78, 5) is 51.4. The predicted molar refractivity (Wildman–Crippen MR) is 493 cm³/mol. The fourth-order valence-electron chi connectivity index (χ4n) is 19.3. The molecular weight excluding hydrogens is 2200 g/mol. The normalized spacial score (nSPS) is 17.3. The standard InChI is InChI=1S/C30H28ClF3N4O2.C20H17F3N2O.C20H21F3N2O.C13H14F3NO.C9H8ClN3O2.C7H4IN.U.V.H2/c1-2-25-27(38-16-22(31)15-35-28(38)36-25)26(39)12-5-19-3-8-23(9-4-19)37-17-29(18-37)13-21(14-29)20-6-10-24(11-7-20)40-30(32,33)34;1-24-16-4-6-17(7-5-16)25-12-19(13-25)10-15(11-19)14-2-8-18(9-3-14)26-20(21,22)23;21-20(22,23)26-18-7-3-15(4-8-18)16-9-19(10-16)12-25(13-19)17-5-1-14(11-24)2-6-17;14-13(15,16)18-11-3-1-9(2-4-11)10-5-12(6-10)7-17-8-12;1-2-6-7(8(14)15)13-4-5(10)3-11-9(13)12-6;8-7-3-1-6(5-9)2-4-7;;;/h3-4,6-11,15-16,21H,2,5,12-14,17-18H2,1H3;2-9,15H,10-13H2;1-8,16H,9-13,24H2;1-4,10,17H,5-8H2;3-4H,2H2,1H3,(H,14,15);1-4H;;;1H/i;;;;;;;;1+2. The van der Waals surface area contributed by atoms with Crippen LogP contribution in [-0.4, -0.2) is 123 Å². The van der Waals surface area contributed by atoms with Crippen LogP contribution in [0.2, 0.25) is 10.0 Å². The van der Waals surface area contributed by atoms with Gasteiger partial charge in [0.1, 0.15) is 28.7 Å². The largest absolute Gasteiger partial charge is 0.573 e. The summed E-state index contributed by atoms with van der Waals surface area (Å²) < 4.78 is 166. The first-order valence-electron chi connectivity index (χ1n) is 43.5. The molecule has 0 unspecified atom stereocenters. The number of nitrogens with two attached hydrogens (primary N) is 1. The van der Waals surface area contributed by atoms with Crippen molar-refractivity contribution < 1.29 is 137 Å². The molecule has 0 atom stereocenters. The number of nitriles is 1. The Hall–Kier alpha value is -10.3. The number of halogens is 15. The number of carboxylic acids is 1. The van der Waals surface area contributed by atoms with Gasteiger partial charge in [-0.15, -0.1) is 52.7 Å². The molecule has 4 aliphatic heterocycles. The monoisotopic (exact) mass is 2290 g/mol. The second-order valence-corrected chi connectivity index (χ2v) is 37.6. The van der Waals surface area contributed by atoms with Gasteiger partial charge in [0, 0.05) is 166 Å². The van der Waals surface area contributed by atoms with Gasteiger partial charge in [0.15, 0.2) is 17.2 Å². The summed E-state index contributed by atoms with van der Waals surface area (Å²) in [5.74, 6) is 0.856. The van der Waals surface area contributed by atoms with E-state index >= 15 is 0 Å². The SMILES string of the molecule is CCc1nc2ncc(Cl)cn2c1C(=O)CCc1ccc(N2CC3(CC(c4ccc(OC(F)(F)F)cc4)C3)C2)cc1.CCc1nc2ncc(Cl)cn2c1C(=O)O.FC(F)(F)Oc1ccc(C2CC3(CNC3)C2)cc1.N#Cc1ccc(I)cc1.NCc1ccc(N2CC3(CC(c4ccc(OC(F)(F)F)cc4)C3)C2)cc1.[3HH].[C-]#[N+]c1ccc(N2CC3(CC(c4ccc(OC(F)(F)F)cc4)C3)C2)cc1.[U].[V]. The van der Waals surface area contributed by atoms with Gasteiger partial charge >= 0.3 is 31.4 Å². The Labute approximate surface area is 837 Å². The van der Waals surface area contributed by atoms with Crippen molar-refractivity contribution in [3.8, 4) is 29.1 Å². The molecule has 0 bridgehead atoms. The number of anilines is 3. The van der Waals surface area contributed by atoms with Gasteiger partial charge in [-0.3, -0.25) is 13.6 Å². The Kier molecular flexibility index (Phi) is 32.6. The molecule has 4 aromatic heterocycles. The maximum Gasteiger partial charge on any atom is 0.573 e. The molecule has 4 saturated carbocycles. The van der Waals surface area contributed by atoms with Crippen LogP contribution in [0.4, 0.5) is 75.4 Å². The van der Waals surface area contributed by atoms with Gasteiger partial charge in [-0.25, -0.2) is 29.6 Å². The van der Waals surface area contributed by atoms with Crippen molar-refractivity contribution in [1.29, 1.82) is 5.26 Å². The van der Waals surface area contributed by atoms with Crippen LogP contribution in [0, 0.1) is 74.2 Å².